The summed E-state index contributed by atoms with van der Waals surface area (Å²) in [6, 6.07) is 0.494. The maximum absolute atomic E-state index is 12.6. The van der Waals surface area contributed by atoms with Gasteiger partial charge in [0.2, 0.25) is 5.91 Å². The number of anilines is 1. The Morgan fingerprint density at radius 1 is 1.33 bits per heavy atom. The van der Waals surface area contributed by atoms with Gasteiger partial charge in [0.25, 0.3) is 0 Å². The number of carbonyl (C=O) groups is 1. The van der Waals surface area contributed by atoms with E-state index >= 15 is 0 Å². The fraction of sp³-hybridized carbons (Fsp3) is 0.571. The molecule has 134 valence electrons. The van der Waals surface area contributed by atoms with Gasteiger partial charge in [0, 0.05) is 32.2 Å². The Balaban J connectivity index is 0.00000144. The first-order chi connectivity index (χ1) is 10.6. The number of aromatic amines is 1. The zero-order valence-electron chi connectivity index (χ0n) is 13.9. The number of aromatic nitrogens is 4. The number of piperazine rings is 1. The van der Waals surface area contributed by atoms with Crippen molar-refractivity contribution in [1.82, 2.24) is 30.2 Å². The summed E-state index contributed by atoms with van der Waals surface area (Å²) in [6.07, 6.45) is 3.05. The molecule has 1 amide bonds. The molecule has 0 spiro atoms. The Kier molecular flexibility index (Phi) is 7.19. The summed E-state index contributed by atoms with van der Waals surface area (Å²) in [6.45, 7) is 6.03. The quantitative estimate of drug-likeness (QED) is 0.825. The summed E-state index contributed by atoms with van der Waals surface area (Å²) in [5, 5.41) is 3.38. The first-order valence-electron chi connectivity index (χ1n) is 7.46. The van der Waals surface area contributed by atoms with E-state index in [1.54, 1.807) is 6.33 Å². The van der Waals surface area contributed by atoms with E-state index in [1.165, 1.54) is 6.33 Å². The maximum atomic E-state index is 12.6. The Hall–Kier alpha value is -1.64. The number of hydrogen-bond acceptors (Lipinski definition) is 6. The Labute approximate surface area is 153 Å². The Bertz CT molecular complexity index is 680. The van der Waals surface area contributed by atoms with Crippen LogP contribution in [0.5, 0.6) is 0 Å². The van der Waals surface area contributed by atoms with E-state index < -0.39 is 0 Å². The van der Waals surface area contributed by atoms with E-state index in [1.807, 2.05) is 16.8 Å². The molecule has 8 nitrogen and oxygen atoms in total. The molecule has 0 aliphatic carbocycles. The van der Waals surface area contributed by atoms with Gasteiger partial charge >= 0.3 is 0 Å². The number of nitrogens with one attached hydrogen (secondary N) is 2. The minimum absolute atomic E-state index is 0. The molecule has 2 atom stereocenters. The number of amides is 1. The molecule has 24 heavy (non-hydrogen) atoms. The van der Waals surface area contributed by atoms with Gasteiger partial charge in [-0.1, -0.05) is 0 Å². The van der Waals surface area contributed by atoms with Crippen LogP contribution in [0.1, 0.15) is 13.8 Å². The second-order valence-electron chi connectivity index (χ2n) is 5.73. The summed E-state index contributed by atoms with van der Waals surface area (Å²) in [4.78, 5) is 31.9. The molecule has 3 rings (SSSR count). The van der Waals surface area contributed by atoms with Crippen LogP contribution in [0.3, 0.4) is 0 Å². The van der Waals surface area contributed by atoms with Crippen molar-refractivity contribution in [2.75, 3.05) is 31.6 Å². The third kappa shape index (κ3) is 3.88. The van der Waals surface area contributed by atoms with Crippen molar-refractivity contribution in [2.24, 2.45) is 0 Å². The van der Waals surface area contributed by atoms with Crippen molar-refractivity contribution in [3.63, 3.8) is 0 Å². The second-order valence-corrected chi connectivity index (χ2v) is 5.73. The fourth-order valence-electron chi connectivity index (χ4n) is 2.82. The lowest BCUT2D eigenvalue weighted by atomic mass is 10.1. The molecule has 3 heterocycles. The summed E-state index contributed by atoms with van der Waals surface area (Å²) in [7, 11) is 1.86. The fourth-order valence-corrected chi connectivity index (χ4v) is 2.82. The highest BCUT2D eigenvalue weighted by molar-refractivity contribution is 5.87. The van der Waals surface area contributed by atoms with Gasteiger partial charge < -0.3 is 20.1 Å². The predicted molar refractivity (Wildman–Crippen MR) is 98.1 cm³/mol. The molecule has 2 aromatic rings. The van der Waals surface area contributed by atoms with E-state index in [2.05, 4.69) is 39.1 Å². The van der Waals surface area contributed by atoms with Crippen LogP contribution in [0.4, 0.5) is 5.82 Å². The van der Waals surface area contributed by atoms with Crippen molar-refractivity contribution < 1.29 is 4.79 Å². The number of H-pyrrole nitrogens is 1. The van der Waals surface area contributed by atoms with Gasteiger partial charge in [0.15, 0.2) is 11.5 Å². The zero-order valence-corrected chi connectivity index (χ0v) is 15.5. The first kappa shape index (κ1) is 20.4. The second kappa shape index (κ2) is 8.46. The van der Waals surface area contributed by atoms with E-state index in [0.717, 1.165) is 18.6 Å². The highest BCUT2D eigenvalue weighted by Gasteiger charge is 2.28. The van der Waals surface area contributed by atoms with Crippen LogP contribution in [0, 0.1) is 0 Å². The van der Waals surface area contributed by atoms with E-state index in [-0.39, 0.29) is 43.3 Å². The van der Waals surface area contributed by atoms with Crippen LogP contribution >= 0.6 is 24.8 Å². The molecular weight excluding hydrogens is 353 g/mol. The van der Waals surface area contributed by atoms with Crippen LogP contribution in [0.2, 0.25) is 0 Å². The topological polar surface area (TPSA) is 90.0 Å². The van der Waals surface area contributed by atoms with Crippen LogP contribution < -0.4 is 10.2 Å². The largest absolute Gasteiger partial charge is 0.348 e. The molecule has 1 fully saturated rings. The van der Waals surface area contributed by atoms with Gasteiger partial charge in [-0.05, 0) is 13.8 Å². The lowest BCUT2D eigenvalue weighted by Crippen LogP contribution is -2.58. The highest BCUT2D eigenvalue weighted by atomic mass is 35.5. The Morgan fingerprint density at radius 3 is 2.83 bits per heavy atom. The minimum atomic E-state index is 0. The van der Waals surface area contributed by atoms with Gasteiger partial charge in [-0.15, -0.1) is 24.8 Å². The first-order valence-corrected chi connectivity index (χ1v) is 7.46. The number of fused-ring (bicyclic) bond motifs is 1. The number of likely N-dealkylation sites (N-methyl/N-ethyl adjacent to an activating group) is 1. The van der Waals surface area contributed by atoms with E-state index in [9.17, 15) is 4.79 Å². The normalized spacial score (nSPS) is 20.2. The van der Waals surface area contributed by atoms with Gasteiger partial charge in [-0.25, -0.2) is 15.0 Å². The Morgan fingerprint density at radius 2 is 2.08 bits per heavy atom. The van der Waals surface area contributed by atoms with Crippen molar-refractivity contribution in [3.05, 3.63) is 12.7 Å². The summed E-state index contributed by atoms with van der Waals surface area (Å²) >= 11 is 0. The lowest BCUT2D eigenvalue weighted by molar-refractivity contribution is -0.133. The smallest absolute Gasteiger partial charge is 0.242 e. The highest BCUT2D eigenvalue weighted by Crippen LogP contribution is 2.18. The molecule has 1 aliphatic rings. The predicted octanol–water partition coefficient (Wildman–Crippen LogP) is 0.841. The molecule has 2 N–H and O–H groups in total. The maximum Gasteiger partial charge on any atom is 0.242 e. The van der Waals surface area contributed by atoms with Crippen LogP contribution in [-0.2, 0) is 4.79 Å². The van der Waals surface area contributed by atoms with Crippen LogP contribution in [-0.4, -0.2) is 69.5 Å². The average Bonchev–Trinajstić information content (AvgIpc) is 2.98. The molecule has 1 saturated heterocycles. The summed E-state index contributed by atoms with van der Waals surface area (Å²) in [5.41, 5.74) is 1.35. The van der Waals surface area contributed by atoms with E-state index in [0.29, 0.717) is 17.5 Å². The third-order valence-corrected chi connectivity index (χ3v) is 4.29. The van der Waals surface area contributed by atoms with Crippen molar-refractivity contribution in [2.45, 2.75) is 25.9 Å². The standard InChI is InChI=1S/C14H21N7O.2ClH/c1-9-10(2)21(5-4-15-9)11(22)6-20(3)14-12-13(17-7-16-12)18-8-19-14;;/h7-10,15H,4-6H2,1-3H3,(H,16,17,18,19);2*1H. The molecule has 0 saturated carbocycles. The molecule has 0 bridgehead atoms. The number of hydrogen-bond donors (Lipinski definition) is 2. The molecular formula is C14H23Cl2N7O. The average molecular weight is 376 g/mol. The monoisotopic (exact) mass is 375 g/mol. The van der Waals surface area contributed by atoms with Gasteiger partial charge in [0.1, 0.15) is 11.8 Å². The number of carbonyl (C=O) groups excluding carboxylic acids is 1. The van der Waals surface area contributed by atoms with Gasteiger partial charge in [0.05, 0.1) is 12.9 Å². The van der Waals surface area contributed by atoms with E-state index in [4.69, 9.17) is 0 Å². The van der Waals surface area contributed by atoms with Crippen molar-refractivity contribution in [1.29, 1.82) is 0 Å². The van der Waals surface area contributed by atoms with Crippen molar-refractivity contribution >= 4 is 47.7 Å². The van der Waals surface area contributed by atoms with Gasteiger partial charge in [-0.2, -0.15) is 0 Å². The molecule has 10 heteroatoms. The molecule has 1 aliphatic heterocycles. The van der Waals surface area contributed by atoms with Crippen molar-refractivity contribution in [3.8, 4) is 0 Å². The van der Waals surface area contributed by atoms with Crippen LogP contribution in [0.25, 0.3) is 11.2 Å². The molecule has 0 aromatic carbocycles. The SMILES string of the molecule is CC1NCCN(C(=O)CN(C)c2ncnc3nc[nH]c23)C1C.Cl.Cl. The summed E-state index contributed by atoms with van der Waals surface area (Å²) < 4.78 is 0. The number of imidazole rings is 1. The molecule has 2 unspecified atom stereocenters. The third-order valence-electron chi connectivity index (χ3n) is 4.29. The minimum Gasteiger partial charge on any atom is -0.348 e. The number of halogens is 2. The molecule has 2 aromatic heterocycles. The number of rotatable bonds is 3. The summed E-state index contributed by atoms with van der Waals surface area (Å²) in [5.74, 6) is 0.793. The van der Waals surface area contributed by atoms with Gasteiger partial charge in [-0.3, -0.25) is 4.79 Å². The zero-order chi connectivity index (χ0) is 15.7. The van der Waals surface area contributed by atoms with Crippen LogP contribution in [0.15, 0.2) is 12.7 Å². The lowest BCUT2D eigenvalue weighted by Gasteiger charge is -2.39. The number of nitrogens with zero attached hydrogens (tertiary/aromatic N) is 5. The molecule has 0 radical (unpaired) electrons.